The van der Waals surface area contributed by atoms with Crippen LogP contribution >= 0.6 is 12.4 Å². The van der Waals surface area contributed by atoms with E-state index >= 15 is 0 Å². The van der Waals surface area contributed by atoms with Crippen molar-refractivity contribution in [3.63, 3.8) is 0 Å². The zero-order valence-electron chi connectivity index (χ0n) is 16.3. The van der Waals surface area contributed by atoms with Crippen molar-refractivity contribution in [2.24, 2.45) is 0 Å². The first-order valence-corrected chi connectivity index (χ1v) is 8.68. The van der Waals surface area contributed by atoms with Gasteiger partial charge in [0.05, 0.1) is 6.54 Å². The number of rotatable bonds is 5. The van der Waals surface area contributed by atoms with Crippen LogP contribution in [-0.4, -0.2) is 56.1 Å². The van der Waals surface area contributed by atoms with Crippen molar-refractivity contribution in [3.8, 4) is 0 Å². The van der Waals surface area contributed by atoms with Gasteiger partial charge in [0, 0.05) is 19.8 Å². The van der Waals surface area contributed by atoms with E-state index in [9.17, 15) is 9.59 Å². The molecule has 2 N–H and O–H groups in total. The fourth-order valence-electron chi connectivity index (χ4n) is 3.53. The third-order valence-corrected chi connectivity index (χ3v) is 4.86. The number of hydrogen-bond acceptors (Lipinski definition) is 4. The number of piperidine rings is 1. The molecule has 6 nitrogen and oxygen atoms in total. The third kappa shape index (κ3) is 4.96. The third-order valence-electron chi connectivity index (χ3n) is 4.86. The largest absolute Gasteiger partial charge is 0.368 e. The molecule has 1 aromatic carbocycles. The topological polar surface area (TPSA) is 70.7 Å². The zero-order valence-corrected chi connectivity index (χ0v) is 17.1. The highest BCUT2D eigenvalue weighted by Gasteiger charge is 2.41. The van der Waals surface area contributed by atoms with E-state index in [0.717, 1.165) is 35.5 Å². The summed E-state index contributed by atoms with van der Waals surface area (Å²) in [5.41, 5.74) is 3.20. The van der Waals surface area contributed by atoms with Gasteiger partial charge in [0.15, 0.2) is 0 Å². The lowest BCUT2D eigenvalue weighted by Gasteiger charge is -2.37. The van der Waals surface area contributed by atoms with Gasteiger partial charge in [0.1, 0.15) is 5.60 Å². The highest BCUT2D eigenvalue weighted by molar-refractivity contribution is 5.97. The van der Waals surface area contributed by atoms with Crippen molar-refractivity contribution >= 4 is 29.9 Å². The van der Waals surface area contributed by atoms with Crippen molar-refractivity contribution < 1.29 is 14.3 Å². The summed E-state index contributed by atoms with van der Waals surface area (Å²) in [4.78, 5) is 26.7. The maximum absolute atomic E-state index is 12.8. The molecule has 2 rings (SSSR count). The van der Waals surface area contributed by atoms with E-state index in [4.69, 9.17) is 4.74 Å². The fourth-order valence-corrected chi connectivity index (χ4v) is 3.53. The Bertz CT molecular complexity index is 634. The molecule has 1 aliphatic rings. The number of halogens is 1. The maximum atomic E-state index is 12.8. The van der Waals surface area contributed by atoms with E-state index in [1.165, 1.54) is 4.90 Å². The summed E-state index contributed by atoms with van der Waals surface area (Å²) in [5, 5.41) is 6.17. The van der Waals surface area contributed by atoms with E-state index in [0.29, 0.717) is 12.8 Å². The van der Waals surface area contributed by atoms with Gasteiger partial charge in [-0.1, -0.05) is 17.7 Å². The van der Waals surface area contributed by atoms with Crippen LogP contribution < -0.4 is 10.6 Å². The molecular weight excluding hydrogens is 354 g/mol. The summed E-state index contributed by atoms with van der Waals surface area (Å²) in [5.74, 6) is -0.338. The number of nitrogens with zero attached hydrogens (tertiary/aromatic N) is 1. The number of benzene rings is 1. The van der Waals surface area contributed by atoms with E-state index < -0.39 is 5.60 Å². The van der Waals surface area contributed by atoms with Gasteiger partial charge in [-0.2, -0.15) is 0 Å². The minimum absolute atomic E-state index is 0. The average Bonchev–Trinajstić information content (AvgIpc) is 2.58. The lowest BCUT2D eigenvalue weighted by atomic mass is 9.90. The summed E-state index contributed by atoms with van der Waals surface area (Å²) in [6, 6.07) is 4.07. The zero-order chi connectivity index (χ0) is 18.6. The van der Waals surface area contributed by atoms with Crippen molar-refractivity contribution in [2.75, 3.05) is 39.1 Å². The molecule has 26 heavy (non-hydrogen) atoms. The molecule has 7 heteroatoms. The summed E-state index contributed by atoms with van der Waals surface area (Å²) >= 11 is 0. The van der Waals surface area contributed by atoms with Crippen LogP contribution in [0.3, 0.4) is 0 Å². The first-order valence-electron chi connectivity index (χ1n) is 8.68. The molecule has 1 aliphatic heterocycles. The molecular formula is C19H30ClN3O3. The van der Waals surface area contributed by atoms with Gasteiger partial charge >= 0.3 is 0 Å². The highest BCUT2D eigenvalue weighted by atomic mass is 35.5. The van der Waals surface area contributed by atoms with Crippen LogP contribution in [0.25, 0.3) is 0 Å². The van der Waals surface area contributed by atoms with Crippen molar-refractivity contribution in [1.82, 2.24) is 10.2 Å². The number of hydrogen-bond donors (Lipinski definition) is 2. The van der Waals surface area contributed by atoms with Crippen molar-refractivity contribution in [1.29, 1.82) is 0 Å². The Labute approximate surface area is 162 Å². The molecule has 1 aromatic rings. The predicted molar refractivity (Wildman–Crippen MR) is 106 cm³/mol. The van der Waals surface area contributed by atoms with Crippen LogP contribution in [0.2, 0.25) is 0 Å². The minimum Gasteiger partial charge on any atom is -0.368 e. The lowest BCUT2D eigenvalue weighted by Crippen LogP contribution is -2.55. The van der Waals surface area contributed by atoms with E-state index in [1.807, 2.05) is 32.9 Å². The van der Waals surface area contributed by atoms with Gasteiger partial charge in [-0.05, 0) is 57.8 Å². The molecule has 0 unspecified atom stereocenters. The molecule has 0 saturated carbocycles. The van der Waals surface area contributed by atoms with E-state index in [2.05, 4.69) is 10.6 Å². The predicted octanol–water partition coefficient (Wildman–Crippen LogP) is 2.20. The van der Waals surface area contributed by atoms with Crippen LogP contribution in [0.1, 0.15) is 29.5 Å². The second-order valence-corrected chi connectivity index (χ2v) is 6.93. The summed E-state index contributed by atoms with van der Waals surface area (Å²) < 4.78 is 5.55. The lowest BCUT2D eigenvalue weighted by molar-refractivity contribution is -0.157. The number of likely N-dealkylation sites (N-methyl/N-ethyl adjacent to an activating group) is 1. The van der Waals surface area contributed by atoms with Crippen LogP contribution in [-0.2, 0) is 14.3 Å². The molecule has 146 valence electrons. The monoisotopic (exact) mass is 383 g/mol. The van der Waals surface area contributed by atoms with Gasteiger partial charge in [-0.3, -0.25) is 9.59 Å². The van der Waals surface area contributed by atoms with E-state index in [-0.39, 0.29) is 30.8 Å². The molecule has 0 radical (unpaired) electrons. The molecule has 0 atom stereocenters. The SMILES string of the molecule is COC1(C(=O)N(C)CC(=O)Nc2c(C)cc(C)cc2C)CCNCC1.Cl. The van der Waals surface area contributed by atoms with Gasteiger partial charge in [0.2, 0.25) is 5.91 Å². The summed E-state index contributed by atoms with van der Waals surface area (Å²) in [6.45, 7) is 7.45. The first-order chi connectivity index (χ1) is 11.8. The summed E-state index contributed by atoms with van der Waals surface area (Å²) in [6.07, 6.45) is 1.23. The van der Waals surface area contributed by atoms with E-state index in [1.54, 1.807) is 14.2 Å². The Hall–Kier alpha value is -1.63. The fraction of sp³-hybridized carbons (Fsp3) is 0.579. The van der Waals surface area contributed by atoms with Crippen LogP contribution in [0.5, 0.6) is 0 Å². The number of anilines is 1. The Kier molecular flexibility index (Phi) is 8.06. The molecule has 1 saturated heterocycles. The highest BCUT2D eigenvalue weighted by Crippen LogP contribution is 2.25. The number of methoxy groups -OCH3 is 1. The number of carbonyl (C=O) groups excluding carboxylic acids is 2. The second-order valence-electron chi connectivity index (χ2n) is 6.93. The van der Waals surface area contributed by atoms with Crippen molar-refractivity contribution in [2.45, 2.75) is 39.2 Å². The Balaban J connectivity index is 0.00000338. The standard InChI is InChI=1S/C19H29N3O3.ClH/c1-13-10-14(2)17(15(3)11-13)21-16(23)12-22(4)18(24)19(25-5)6-8-20-9-7-19;/h10-11,20H,6-9,12H2,1-5H3,(H,21,23);1H. The number of carbonyl (C=O) groups is 2. The van der Waals surface area contributed by atoms with Crippen LogP contribution in [0, 0.1) is 20.8 Å². The molecule has 1 heterocycles. The van der Waals surface area contributed by atoms with Gasteiger partial charge < -0.3 is 20.3 Å². The van der Waals surface area contributed by atoms with Crippen LogP contribution in [0.15, 0.2) is 12.1 Å². The average molecular weight is 384 g/mol. The molecule has 0 aliphatic carbocycles. The smallest absolute Gasteiger partial charge is 0.255 e. The Morgan fingerprint density at radius 2 is 1.73 bits per heavy atom. The number of ether oxygens (including phenoxy) is 1. The van der Waals surface area contributed by atoms with Gasteiger partial charge in [0.25, 0.3) is 5.91 Å². The molecule has 0 aromatic heterocycles. The normalized spacial score (nSPS) is 15.7. The number of nitrogens with one attached hydrogen (secondary N) is 2. The summed E-state index contributed by atoms with van der Waals surface area (Å²) in [7, 11) is 3.22. The molecule has 0 spiro atoms. The number of aryl methyl sites for hydroxylation is 3. The molecule has 1 fully saturated rings. The van der Waals surface area contributed by atoms with Gasteiger partial charge in [-0.25, -0.2) is 0 Å². The van der Waals surface area contributed by atoms with Crippen molar-refractivity contribution in [3.05, 3.63) is 28.8 Å². The minimum atomic E-state index is -0.823. The number of amides is 2. The van der Waals surface area contributed by atoms with Crippen LogP contribution in [0.4, 0.5) is 5.69 Å². The Morgan fingerprint density at radius 1 is 1.19 bits per heavy atom. The first kappa shape index (κ1) is 22.4. The molecule has 0 bridgehead atoms. The quantitative estimate of drug-likeness (QED) is 0.817. The maximum Gasteiger partial charge on any atom is 0.255 e. The molecule has 2 amide bonds. The van der Waals surface area contributed by atoms with Gasteiger partial charge in [-0.15, -0.1) is 12.4 Å². The second kappa shape index (κ2) is 9.35. The Morgan fingerprint density at radius 3 is 2.23 bits per heavy atom.